The van der Waals surface area contributed by atoms with Crippen molar-refractivity contribution < 1.29 is 4.79 Å². The van der Waals surface area contributed by atoms with Gasteiger partial charge < -0.3 is 9.47 Å². The summed E-state index contributed by atoms with van der Waals surface area (Å²) < 4.78 is 1.90. The summed E-state index contributed by atoms with van der Waals surface area (Å²) in [7, 11) is 1.90. The summed E-state index contributed by atoms with van der Waals surface area (Å²) in [6.45, 7) is 1.38. The molecule has 6 nitrogen and oxygen atoms in total. The summed E-state index contributed by atoms with van der Waals surface area (Å²) in [5.74, 6) is 0.235. The van der Waals surface area contributed by atoms with Crippen LogP contribution in [0.1, 0.15) is 37.7 Å². The first kappa shape index (κ1) is 15.3. The fourth-order valence-electron chi connectivity index (χ4n) is 4.48. The van der Waals surface area contributed by atoms with Crippen LogP contribution in [0.4, 0.5) is 0 Å². The molecule has 0 unspecified atom stereocenters. The summed E-state index contributed by atoms with van der Waals surface area (Å²) in [6, 6.07) is 4.02. The quantitative estimate of drug-likeness (QED) is 0.844. The number of amides is 1. The Balaban J connectivity index is 1.51. The van der Waals surface area contributed by atoms with Crippen molar-refractivity contribution in [2.24, 2.45) is 5.41 Å². The second-order valence-electron chi connectivity index (χ2n) is 7.45. The van der Waals surface area contributed by atoms with Crippen molar-refractivity contribution in [2.75, 3.05) is 13.6 Å². The summed E-state index contributed by atoms with van der Waals surface area (Å²) in [4.78, 5) is 19.3. The molecule has 0 aliphatic heterocycles. The van der Waals surface area contributed by atoms with E-state index in [-0.39, 0.29) is 11.3 Å². The van der Waals surface area contributed by atoms with Crippen LogP contribution >= 0.6 is 0 Å². The van der Waals surface area contributed by atoms with Crippen LogP contribution in [-0.4, -0.2) is 44.1 Å². The molecule has 126 valence electrons. The normalized spacial score (nSPS) is 20.2. The van der Waals surface area contributed by atoms with Crippen LogP contribution < -0.4 is 0 Å². The topological polar surface area (TPSA) is 63.9 Å². The van der Waals surface area contributed by atoms with Crippen LogP contribution in [0.15, 0.2) is 37.2 Å². The Hall–Kier alpha value is -2.24. The number of aromatic nitrogens is 4. The summed E-state index contributed by atoms with van der Waals surface area (Å²) in [5, 5.41) is 7.62. The predicted molar refractivity (Wildman–Crippen MR) is 89.1 cm³/mol. The van der Waals surface area contributed by atoms with E-state index in [1.165, 1.54) is 19.3 Å². The van der Waals surface area contributed by atoms with Gasteiger partial charge in [-0.05, 0) is 48.8 Å². The zero-order valence-corrected chi connectivity index (χ0v) is 14.1. The van der Waals surface area contributed by atoms with Gasteiger partial charge in [-0.1, -0.05) is 6.42 Å². The van der Waals surface area contributed by atoms with Gasteiger partial charge in [-0.15, -0.1) is 10.2 Å². The lowest BCUT2D eigenvalue weighted by atomic mass is 9.43. The SMILES string of the molecule is CN(CCn1cnnc1)C(=O)C1(c2ccncc2)CC2(CCC2)C1. The number of hydrogen-bond acceptors (Lipinski definition) is 4. The molecule has 24 heavy (non-hydrogen) atoms. The average molecular weight is 325 g/mol. The molecule has 0 aromatic carbocycles. The van der Waals surface area contributed by atoms with Crippen LogP contribution in [0.3, 0.4) is 0 Å². The zero-order valence-electron chi connectivity index (χ0n) is 14.1. The third-order valence-electron chi connectivity index (χ3n) is 5.92. The Morgan fingerprint density at radius 2 is 1.88 bits per heavy atom. The molecular formula is C18H23N5O. The first-order valence-corrected chi connectivity index (χ1v) is 8.62. The fourth-order valence-corrected chi connectivity index (χ4v) is 4.48. The Kier molecular flexibility index (Phi) is 3.62. The Morgan fingerprint density at radius 3 is 2.46 bits per heavy atom. The molecule has 1 spiro atoms. The number of hydrogen-bond donors (Lipinski definition) is 0. The van der Waals surface area contributed by atoms with Gasteiger partial charge in [0.25, 0.3) is 0 Å². The van der Waals surface area contributed by atoms with Crippen molar-refractivity contribution in [3.05, 3.63) is 42.7 Å². The molecule has 2 aromatic rings. The first-order valence-electron chi connectivity index (χ1n) is 8.62. The van der Waals surface area contributed by atoms with E-state index in [4.69, 9.17) is 0 Å². The number of pyridine rings is 1. The van der Waals surface area contributed by atoms with Crippen LogP contribution in [0.25, 0.3) is 0 Å². The Morgan fingerprint density at radius 1 is 1.21 bits per heavy atom. The molecule has 0 saturated heterocycles. The van der Waals surface area contributed by atoms with Crippen molar-refractivity contribution in [2.45, 2.75) is 44.1 Å². The maximum Gasteiger partial charge on any atom is 0.233 e. The van der Waals surface area contributed by atoms with Gasteiger partial charge in [0.15, 0.2) is 0 Å². The van der Waals surface area contributed by atoms with E-state index in [9.17, 15) is 4.79 Å². The maximum atomic E-state index is 13.3. The highest BCUT2D eigenvalue weighted by Crippen LogP contribution is 2.65. The monoisotopic (exact) mass is 325 g/mol. The number of likely N-dealkylation sites (N-methyl/N-ethyl adjacent to an activating group) is 1. The van der Waals surface area contributed by atoms with E-state index in [0.29, 0.717) is 18.5 Å². The summed E-state index contributed by atoms with van der Waals surface area (Å²) >= 11 is 0. The average Bonchev–Trinajstić information content (AvgIpc) is 3.04. The molecule has 2 saturated carbocycles. The lowest BCUT2D eigenvalue weighted by molar-refractivity contribution is -0.152. The molecule has 2 aliphatic rings. The molecule has 0 bridgehead atoms. The van der Waals surface area contributed by atoms with Crippen LogP contribution in [-0.2, 0) is 16.8 Å². The van der Waals surface area contributed by atoms with Crippen molar-refractivity contribution in [3.8, 4) is 0 Å². The van der Waals surface area contributed by atoms with E-state index in [1.807, 2.05) is 28.6 Å². The maximum absolute atomic E-state index is 13.3. The minimum Gasteiger partial charge on any atom is -0.343 e. The Labute approximate surface area is 141 Å². The van der Waals surface area contributed by atoms with Crippen LogP contribution in [0, 0.1) is 5.41 Å². The number of carbonyl (C=O) groups is 1. The second kappa shape index (κ2) is 5.69. The number of rotatable bonds is 5. The second-order valence-corrected chi connectivity index (χ2v) is 7.45. The van der Waals surface area contributed by atoms with Gasteiger partial charge in [-0.3, -0.25) is 9.78 Å². The minimum atomic E-state index is -0.356. The third-order valence-corrected chi connectivity index (χ3v) is 5.92. The van der Waals surface area contributed by atoms with Gasteiger partial charge in [0.1, 0.15) is 12.7 Å². The lowest BCUT2D eigenvalue weighted by Crippen LogP contribution is -2.60. The first-order chi connectivity index (χ1) is 11.6. The molecule has 2 aliphatic carbocycles. The van der Waals surface area contributed by atoms with Crippen LogP contribution in [0.2, 0.25) is 0 Å². The lowest BCUT2D eigenvalue weighted by Gasteiger charge is -2.61. The van der Waals surface area contributed by atoms with Crippen molar-refractivity contribution >= 4 is 5.91 Å². The third kappa shape index (κ3) is 2.41. The van der Waals surface area contributed by atoms with Crippen LogP contribution in [0.5, 0.6) is 0 Å². The smallest absolute Gasteiger partial charge is 0.233 e. The van der Waals surface area contributed by atoms with Gasteiger partial charge in [0.05, 0.1) is 5.41 Å². The molecule has 2 fully saturated rings. The minimum absolute atomic E-state index is 0.235. The molecule has 1 amide bonds. The van der Waals surface area contributed by atoms with Gasteiger partial charge in [0.2, 0.25) is 5.91 Å². The molecule has 2 aromatic heterocycles. The highest BCUT2D eigenvalue weighted by Gasteiger charge is 2.61. The van der Waals surface area contributed by atoms with E-state index in [0.717, 1.165) is 18.4 Å². The van der Waals surface area contributed by atoms with Crippen molar-refractivity contribution in [1.82, 2.24) is 24.6 Å². The van der Waals surface area contributed by atoms with E-state index < -0.39 is 0 Å². The summed E-state index contributed by atoms with van der Waals surface area (Å²) in [6.07, 6.45) is 12.8. The van der Waals surface area contributed by atoms with E-state index >= 15 is 0 Å². The van der Waals surface area contributed by atoms with Crippen molar-refractivity contribution in [3.63, 3.8) is 0 Å². The Bertz CT molecular complexity index is 700. The van der Waals surface area contributed by atoms with Gasteiger partial charge in [-0.2, -0.15) is 0 Å². The largest absolute Gasteiger partial charge is 0.343 e. The molecule has 0 atom stereocenters. The highest BCUT2D eigenvalue weighted by molar-refractivity contribution is 5.89. The van der Waals surface area contributed by atoms with Gasteiger partial charge >= 0.3 is 0 Å². The fraction of sp³-hybridized carbons (Fsp3) is 0.556. The molecule has 4 rings (SSSR count). The molecule has 2 heterocycles. The number of nitrogens with zero attached hydrogens (tertiary/aromatic N) is 5. The molecular weight excluding hydrogens is 302 g/mol. The predicted octanol–water partition coefficient (Wildman–Crippen LogP) is 2.03. The molecule has 0 N–H and O–H groups in total. The van der Waals surface area contributed by atoms with E-state index in [1.54, 1.807) is 25.0 Å². The molecule has 0 radical (unpaired) electrons. The number of carbonyl (C=O) groups excluding carboxylic acids is 1. The molecule has 6 heteroatoms. The standard InChI is InChI=1S/C18H23N5O/c1-22(9-10-23-13-20-21-14-23)16(24)18(15-3-7-19-8-4-15)11-17(12-18)5-2-6-17/h3-4,7-8,13-14H,2,5-6,9-12H2,1H3. The zero-order chi connectivity index (χ0) is 16.6. The van der Waals surface area contributed by atoms with E-state index in [2.05, 4.69) is 15.2 Å². The summed E-state index contributed by atoms with van der Waals surface area (Å²) in [5.41, 5.74) is 1.19. The van der Waals surface area contributed by atoms with Gasteiger partial charge in [0, 0.05) is 32.5 Å². The highest BCUT2D eigenvalue weighted by atomic mass is 16.2. The van der Waals surface area contributed by atoms with Gasteiger partial charge in [-0.25, -0.2) is 0 Å². The van der Waals surface area contributed by atoms with Crippen molar-refractivity contribution in [1.29, 1.82) is 0 Å².